The van der Waals surface area contributed by atoms with Gasteiger partial charge in [0.05, 0.1) is 0 Å². The Labute approximate surface area is 151 Å². The summed E-state index contributed by atoms with van der Waals surface area (Å²) in [5.41, 5.74) is 8.11. The number of rotatable bonds is 6. The molecule has 1 aliphatic carbocycles. The number of phenolic OH excluding ortho intramolecular Hbond substituents is 1. The van der Waals surface area contributed by atoms with Crippen LogP contribution in [-0.2, 0) is 16.6 Å². The highest BCUT2D eigenvalue weighted by Crippen LogP contribution is 2.52. The average molecular weight is 344 g/mol. The van der Waals surface area contributed by atoms with Crippen LogP contribution in [0.2, 0.25) is 0 Å². The molecule has 0 aromatic heterocycles. The molecule has 1 saturated heterocycles. The third-order valence-electron chi connectivity index (χ3n) is 6.47. The Morgan fingerprint density at radius 3 is 2.88 bits per heavy atom. The molecule has 1 fully saturated rings. The molecule has 1 aromatic carbocycles. The van der Waals surface area contributed by atoms with Gasteiger partial charge in [-0.2, -0.15) is 0 Å². The molecule has 3 atom stereocenters. The average Bonchev–Trinajstić information content (AvgIpc) is 2.52. The number of piperidine rings is 1. The third kappa shape index (κ3) is 3.41. The lowest BCUT2D eigenvalue weighted by molar-refractivity contribution is -0.118. The molecular weight excluding hydrogens is 312 g/mol. The van der Waals surface area contributed by atoms with Gasteiger partial charge in [-0.25, -0.2) is 0 Å². The molecule has 3 rings (SSSR count). The lowest BCUT2D eigenvalue weighted by Gasteiger charge is -2.56. The lowest BCUT2D eigenvalue weighted by Crippen LogP contribution is -2.59. The van der Waals surface area contributed by atoms with Gasteiger partial charge in [-0.1, -0.05) is 26.8 Å². The fourth-order valence-electron chi connectivity index (χ4n) is 5.30. The van der Waals surface area contributed by atoms with E-state index in [2.05, 4.69) is 31.7 Å². The molecule has 1 heterocycles. The van der Waals surface area contributed by atoms with Gasteiger partial charge in [-0.3, -0.25) is 9.69 Å². The van der Waals surface area contributed by atoms with Gasteiger partial charge in [-0.05, 0) is 67.3 Å². The van der Waals surface area contributed by atoms with Crippen molar-refractivity contribution >= 4 is 5.91 Å². The number of primary amides is 1. The largest absolute Gasteiger partial charge is 0.508 e. The van der Waals surface area contributed by atoms with Gasteiger partial charge in [0.15, 0.2) is 0 Å². The number of carbonyl (C=O) groups is 1. The molecule has 25 heavy (non-hydrogen) atoms. The second-order valence-corrected chi connectivity index (χ2v) is 8.52. The van der Waals surface area contributed by atoms with Crippen LogP contribution in [0.4, 0.5) is 0 Å². The van der Waals surface area contributed by atoms with Crippen molar-refractivity contribution in [3.05, 3.63) is 29.3 Å². The molecule has 2 bridgehead atoms. The minimum absolute atomic E-state index is 0.0555. The fourth-order valence-corrected chi connectivity index (χ4v) is 5.30. The van der Waals surface area contributed by atoms with Crippen molar-refractivity contribution in [2.45, 2.75) is 64.3 Å². The summed E-state index contributed by atoms with van der Waals surface area (Å²) in [6.07, 6.45) is 4.39. The van der Waals surface area contributed by atoms with Gasteiger partial charge in [-0.15, -0.1) is 0 Å². The quantitative estimate of drug-likeness (QED) is 0.833. The number of phenols is 1. The number of nitrogens with two attached hydrogens (primary N) is 1. The van der Waals surface area contributed by atoms with Crippen LogP contribution in [0.1, 0.15) is 57.6 Å². The molecule has 4 nitrogen and oxygen atoms in total. The van der Waals surface area contributed by atoms with E-state index in [9.17, 15) is 9.90 Å². The van der Waals surface area contributed by atoms with Crippen molar-refractivity contribution in [2.24, 2.45) is 17.6 Å². The van der Waals surface area contributed by atoms with E-state index in [0.717, 1.165) is 38.8 Å². The minimum atomic E-state index is -0.218. The zero-order valence-electron chi connectivity index (χ0n) is 15.8. The summed E-state index contributed by atoms with van der Waals surface area (Å²) < 4.78 is 0. The maximum absolute atomic E-state index is 11.2. The van der Waals surface area contributed by atoms with E-state index >= 15 is 0 Å². The first-order chi connectivity index (χ1) is 11.8. The smallest absolute Gasteiger partial charge is 0.217 e. The van der Waals surface area contributed by atoms with Gasteiger partial charge >= 0.3 is 0 Å². The van der Waals surface area contributed by atoms with Crippen LogP contribution in [0.15, 0.2) is 18.2 Å². The Balaban J connectivity index is 1.96. The van der Waals surface area contributed by atoms with Crippen LogP contribution in [-0.4, -0.2) is 35.0 Å². The highest BCUT2D eigenvalue weighted by Gasteiger charge is 2.50. The summed E-state index contributed by atoms with van der Waals surface area (Å²) in [6, 6.07) is 6.44. The van der Waals surface area contributed by atoms with Crippen molar-refractivity contribution in [3.63, 3.8) is 0 Å². The van der Waals surface area contributed by atoms with Crippen molar-refractivity contribution in [1.29, 1.82) is 0 Å². The Morgan fingerprint density at radius 2 is 2.20 bits per heavy atom. The van der Waals surface area contributed by atoms with Gasteiger partial charge < -0.3 is 10.8 Å². The molecule has 1 aliphatic heterocycles. The number of fused-ring (bicyclic) bond motifs is 4. The number of aromatic hydroxyl groups is 1. The normalized spacial score (nSPS) is 28.8. The predicted octanol–water partition coefficient (Wildman–Crippen LogP) is 3.21. The van der Waals surface area contributed by atoms with E-state index in [-0.39, 0.29) is 11.3 Å². The monoisotopic (exact) mass is 344 g/mol. The van der Waals surface area contributed by atoms with Crippen molar-refractivity contribution in [1.82, 2.24) is 4.90 Å². The minimum Gasteiger partial charge on any atom is -0.508 e. The second kappa shape index (κ2) is 6.99. The van der Waals surface area contributed by atoms with Gasteiger partial charge in [0, 0.05) is 24.4 Å². The van der Waals surface area contributed by atoms with Crippen LogP contribution in [0.5, 0.6) is 5.75 Å². The molecule has 138 valence electrons. The zero-order valence-corrected chi connectivity index (χ0v) is 15.8. The molecular formula is C21H32N2O2. The van der Waals surface area contributed by atoms with Crippen LogP contribution < -0.4 is 5.73 Å². The number of hydrogen-bond acceptors (Lipinski definition) is 3. The van der Waals surface area contributed by atoms with E-state index in [4.69, 9.17) is 5.73 Å². The predicted molar refractivity (Wildman–Crippen MR) is 101 cm³/mol. The third-order valence-corrected chi connectivity index (χ3v) is 6.47. The lowest BCUT2D eigenvalue weighted by atomic mass is 9.56. The molecule has 0 spiro atoms. The Bertz CT molecular complexity index is 643. The van der Waals surface area contributed by atoms with E-state index in [1.54, 1.807) is 0 Å². The van der Waals surface area contributed by atoms with Crippen LogP contribution in [0.3, 0.4) is 0 Å². The molecule has 0 saturated carbocycles. The summed E-state index contributed by atoms with van der Waals surface area (Å²) in [5, 5.41) is 10.1. The molecule has 2 aliphatic rings. The first-order valence-corrected chi connectivity index (χ1v) is 9.68. The highest BCUT2D eigenvalue weighted by molar-refractivity contribution is 5.73. The maximum Gasteiger partial charge on any atom is 0.217 e. The molecule has 1 aromatic rings. The number of likely N-dealkylation sites (tertiary alicyclic amines) is 1. The first kappa shape index (κ1) is 18.2. The summed E-state index contributed by atoms with van der Waals surface area (Å²) in [6.45, 7) is 9.18. The van der Waals surface area contributed by atoms with E-state index in [0.29, 0.717) is 30.0 Å². The fraction of sp³-hybridized carbons (Fsp3) is 0.667. The SMILES string of the molecule is CC(C)CN1CC[C@@]2(CCCC(N)=O)c3cc(O)ccc3C[C@@H]1[C@@H]2C. The molecule has 3 N–H and O–H groups in total. The van der Waals surface area contributed by atoms with E-state index < -0.39 is 0 Å². The molecule has 4 heteroatoms. The first-order valence-electron chi connectivity index (χ1n) is 9.68. The van der Waals surface area contributed by atoms with Crippen LogP contribution >= 0.6 is 0 Å². The molecule has 1 amide bonds. The molecule has 0 radical (unpaired) electrons. The van der Waals surface area contributed by atoms with E-state index in [1.807, 2.05) is 12.1 Å². The number of carbonyl (C=O) groups excluding carboxylic acids is 1. The van der Waals surface area contributed by atoms with Crippen molar-refractivity contribution in [3.8, 4) is 5.75 Å². The summed E-state index contributed by atoms with van der Waals surface area (Å²) in [4.78, 5) is 13.9. The Morgan fingerprint density at radius 1 is 1.44 bits per heavy atom. The Hall–Kier alpha value is -1.55. The highest BCUT2D eigenvalue weighted by atomic mass is 16.3. The van der Waals surface area contributed by atoms with Gasteiger partial charge in [0.2, 0.25) is 5.91 Å². The van der Waals surface area contributed by atoms with Crippen molar-refractivity contribution in [2.75, 3.05) is 13.1 Å². The standard InChI is InChI=1S/C21H32N2O2/c1-14(2)13-23-10-9-21(8-4-5-20(22)25)15(3)19(23)11-16-6-7-17(24)12-18(16)21/h6-7,12,14-15,19,24H,4-5,8-11,13H2,1-3H3,(H2,22,25)/t15-,19+,21+/m0/s1. The molecule has 0 unspecified atom stereocenters. The van der Waals surface area contributed by atoms with Gasteiger partial charge in [0.1, 0.15) is 5.75 Å². The second-order valence-electron chi connectivity index (χ2n) is 8.52. The maximum atomic E-state index is 11.2. The zero-order chi connectivity index (χ0) is 18.2. The summed E-state index contributed by atoms with van der Waals surface area (Å²) >= 11 is 0. The van der Waals surface area contributed by atoms with Crippen LogP contribution in [0, 0.1) is 11.8 Å². The Kier molecular flexibility index (Phi) is 5.10. The summed E-state index contributed by atoms with van der Waals surface area (Å²) in [5.74, 6) is 1.31. The number of amides is 1. The number of hydrogen-bond donors (Lipinski definition) is 2. The summed E-state index contributed by atoms with van der Waals surface area (Å²) in [7, 11) is 0. The van der Waals surface area contributed by atoms with E-state index in [1.165, 1.54) is 11.1 Å². The topological polar surface area (TPSA) is 66.6 Å². The number of benzene rings is 1. The van der Waals surface area contributed by atoms with Crippen LogP contribution in [0.25, 0.3) is 0 Å². The van der Waals surface area contributed by atoms with Crippen molar-refractivity contribution < 1.29 is 9.90 Å². The number of nitrogens with zero attached hydrogens (tertiary/aromatic N) is 1. The van der Waals surface area contributed by atoms with Gasteiger partial charge in [0.25, 0.3) is 0 Å².